The molecule has 5 heteroatoms. The summed E-state index contributed by atoms with van der Waals surface area (Å²) < 4.78 is 11.1. The van der Waals surface area contributed by atoms with Crippen molar-refractivity contribution >= 4 is 5.91 Å². The summed E-state index contributed by atoms with van der Waals surface area (Å²) in [6.07, 6.45) is -0.658. The lowest BCUT2D eigenvalue weighted by molar-refractivity contribution is -0.128. The molecule has 0 bridgehead atoms. The zero-order valence-electron chi connectivity index (χ0n) is 14.8. The molecule has 0 aliphatic carbocycles. The molecule has 1 heterocycles. The van der Waals surface area contributed by atoms with E-state index in [9.17, 15) is 9.90 Å². The normalized spacial score (nSPS) is 14.8. The van der Waals surface area contributed by atoms with Gasteiger partial charge in [-0.05, 0) is 58.4 Å². The largest absolute Gasteiger partial charge is 0.481 e. The maximum absolute atomic E-state index is 12.2. The Kier molecular flexibility index (Phi) is 5.34. The van der Waals surface area contributed by atoms with E-state index in [0.29, 0.717) is 17.1 Å². The van der Waals surface area contributed by atoms with Crippen LogP contribution in [0.2, 0.25) is 0 Å². The highest BCUT2D eigenvalue weighted by molar-refractivity contribution is 5.80. The second-order valence-corrected chi connectivity index (χ2v) is 6.40. The summed E-state index contributed by atoms with van der Waals surface area (Å²) >= 11 is 0. The molecule has 2 N–H and O–H groups in total. The van der Waals surface area contributed by atoms with Gasteiger partial charge in [0.05, 0.1) is 6.54 Å². The molecule has 0 aliphatic heterocycles. The summed E-state index contributed by atoms with van der Waals surface area (Å²) in [7, 11) is 0. The smallest absolute Gasteiger partial charge is 0.260 e. The SMILES string of the molecule is Cc1cccc(OC(C)C(=O)NCC(C)(O)c2cc(C)oc2C)c1. The van der Waals surface area contributed by atoms with Crippen LogP contribution in [0.5, 0.6) is 5.75 Å². The Morgan fingerprint density at radius 3 is 2.62 bits per heavy atom. The molecule has 130 valence electrons. The van der Waals surface area contributed by atoms with Crippen LogP contribution in [0.3, 0.4) is 0 Å². The van der Waals surface area contributed by atoms with Crippen LogP contribution in [-0.4, -0.2) is 23.7 Å². The van der Waals surface area contributed by atoms with Crippen molar-refractivity contribution in [1.82, 2.24) is 5.32 Å². The van der Waals surface area contributed by atoms with Crippen molar-refractivity contribution in [2.45, 2.75) is 46.3 Å². The monoisotopic (exact) mass is 331 g/mol. The predicted molar refractivity (Wildman–Crippen MR) is 92.0 cm³/mol. The zero-order chi connectivity index (χ0) is 17.9. The third kappa shape index (κ3) is 4.38. The van der Waals surface area contributed by atoms with E-state index < -0.39 is 11.7 Å². The van der Waals surface area contributed by atoms with Crippen molar-refractivity contribution in [3.05, 3.63) is 53.0 Å². The van der Waals surface area contributed by atoms with Crippen molar-refractivity contribution < 1.29 is 19.1 Å². The highest BCUT2D eigenvalue weighted by atomic mass is 16.5. The minimum absolute atomic E-state index is 0.0766. The first kappa shape index (κ1) is 18.1. The number of aryl methyl sites for hydroxylation is 3. The van der Waals surface area contributed by atoms with Crippen LogP contribution in [0, 0.1) is 20.8 Å². The van der Waals surface area contributed by atoms with Gasteiger partial charge in [0.2, 0.25) is 0 Å². The van der Waals surface area contributed by atoms with E-state index in [4.69, 9.17) is 9.15 Å². The minimum atomic E-state index is -1.21. The summed E-state index contributed by atoms with van der Waals surface area (Å²) in [4.78, 5) is 12.2. The molecule has 0 aliphatic rings. The van der Waals surface area contributed by atoms with Crippen LogP contribution < -0.4 is 10.1 Å². The van der Waals surface area contributed by atoms with Gasteiger partial charge in [-0.1, -0.05) is 12.1 Å². The second-order valence-electron chi connectivity index (χ2n) is 6.40. The summed E-state index contributed by atoms with van der Waals surface area (Å²) in [6.45, 7) is 8.98. The van der Waals surface area contributed by atoms with E-state index in [1.165, 1.54) is 0 Å². The first-order valence-corrected chi connectivity index (χ1v) is 8.00. The van der Waals surface area contributed by atoms with Gasteiger partial charge in [-0.15, -0.1) is 0 Å². The number of aliphatic hydroxyl groups is 1. The molecule has 2 atom stereocenters. The Bertz CT molecular complexity index is 718. The number of furan rings is 1. The number of carbonyl (C=O) groups excluding carboxylic acids is 1. The molecule has 2 rings (SSSR count). The van der Waals surface area contributed by atoms with Gasteiger partial charge in [0.25, 0.3) is 5.91 Å². The van der Waals surface area contributed by atoms with Gasteiger partial charge >= 0.3 is 0 Å². The second kappa shape index (κ2) is 7.09. The number of carbonyl (C=O) groups is 1. The van der Waals surface area contributed by atoms with Gasteiger partial charge in [-0.3, -0.25) is 4.79 Å². The van der Waals surface area contributed by atoms with Gasteiger partial charge in [-0.2, -0.15) is 0 Å². The standard InChI is InChI=1S/C19H25NO4/c1-12-7-6-8-16(9-12)24-15(4)18(21)20-11-19(5,22)17-10-13(2)23-14(17)3/h6-10,15,22H,11H2,1-5H3,(H,20,21). The number of amides is 1. The van der Waals surface area contributed by atoms with Crippen molar-refractivity contribution in [3.8, 4) is 5.75 Å². The quantitative estimate of drug-likeness (QED) is 0.853. The minimum Gasteiger partial charge on any atom is -0.481 e. The summed E-state index contributed by atoms with van der Waals surface area (Å²) in [5, 5.41) is 13.4. The number of benzene rings is 1. The lowest BCUT2D eigenvalue weighted by Crippen LogP contribution is -2.43. The van der Waals surface area contributed by atoms with E-state index in [1.807, 2.05) is 38.1 Å². The molecule has 5 nitrogen and oxygen atoms in total. The van der Waals surface area contributed by atoms with Crippen LogP contribution in [0.1, 0.15) is 36.5 Å². The molecular weight excluding hydrogens is 306 g/mol. The molecule has 1 aromatic carbocycles. The van der Waals surface area contributed by atoms with E-state index in [-0.39, 0.29) is 12.5 Å². The molecule has 0 saturated heterocycles. The summed E-state index contributed by atoms with van der Waals surface area (Å²) in [5.74, 6) is 1.74. The van der Waals surface area contributed by atoms with Crippen LogP contribution in [-0.2, 0) is 10.4 Å². The van der Waals surface area contributed by atoms with Crippen LogP contribution in [0.15, 0.2) is 34.7 Å². The van der Waals surface area contributed by atoms with Crippen LogP contribution in [0.25, 0.3) is 0 Å². The topological polar surface area (TPSA) is 71.7 Å². The van der Waals surface area contributed by atoms with Gasteiger partial charge in [-0.25, -0.2) is 0 Å². The number of hydrogen-bond donors (Lipinski definition) is 2. The fourth-order valence-corrected chi connectivity index (χ4v) is 2.61. The molecule has 0 fully saturated rings. The first-order chi connectivity index (χ1) is 11.2. The van der Waals surface area contributed by atoms with Crippen LogP contribution in [0.4, 0.5) is 0 Å². The fourth-order valence-electron chi connectivity index (χ4n) is 2.61. The third-order valence-electron chi connectivity index (χ3n) is 3.90. The molecule has 24 heavy (non-hydrogen) atoms. The molecule has 0 saturated carbocycles. The molecule has 0 spiro atoms. The molecule has 2 unspecified atom stereocenters. The number of hydrogen-bond acceptors (Lipinski definition) is 4. The zero-order valence-corrected chi connectivity index (χ0v) is 14.8. The highest BCUT2D eigenvalue weighted by Gasteiger charge is 2.29. The van der Waals surface area contributed by atoms with E-state index in [2.05, 4.69) is 5.32 Å². The van der Waals surface area contributed by atoms with Crippen molar-refractivity contribution in [1.29, 1.82) is 0 Å². The Morgan fingerprint density at radius 1 is 1.33 bits per heavy atom. The van der Waals surface area contributed by atoms with Gasteiger partial charge in [0.15, 0.2) is 6.10 Å². The molecule has 2 aromatic rings. The Hall–Kier alpha value is -2.27. The summed E-state index contributed by atoms with van der Waals surface area (Å²) in [6, 6.07) is 9.31. The average Bonchev–Trinajstić information content (AvgIpc) is 2.84. The fraction of sp³-hybridized carbons (Fsp3) is 0.421. The molecule has 0 radical (unpaired) electrons. The summed E-state index contributed by atoms with van der Waals surface area (Å²) in [5.41, 5.74) is 0.530. The van der Waals surface area contributed by atoms with Gasteiger partial charge in [0.1, 0.15) is 22.9 Å². The van der Waals surface area contributed by atoms with E-state index in [1.54, 1.807) is 26.8 Å². The van der Waals surface area contributed by atoms with Gasteiger partial charge in [0, 0.05) is 5.56 Å². The number of nitrogens with one attached hydrogen (secondary N) is 1. The number of ether oxygens (including phenoxy) is 1. The lowest BCUT2D eigenvalue weighted by Gasteiger charge is -2.24. The molecule has 1 aromatic heterocycles. The molecular formula is C19H25NO4. The maximum Gasteiger partial charge on any atom is 0.260 e. The average molecular weight is 331 g/mol. The van der Waals surface area contributed by atoms with Crippen molar-refractivity contribution in [3.63, 3.8) is 0 Å². The van der Waals surface area contributed by atoms with Gasteiger partial charge < -0.3 is 19.6 Å². The number of rotatable bonds is 6. The highest BCUT2D eigenvalue weighted by Crippen LogP contribution is 2.26. The first-order valence-electron chi connectivity index (χ1n) is 8.00. The van der Waals surface area contributed by atoms with Crippen molar-refractivity contribution in [2.75, 3.05) is 6.54 Å². The van der Waals surface area contributed by atoms with E-state index >= 15 is 0 Å². The Labute approximate surface area is 142 Å². The predicted octanol–water partition coefficient (Wildman–Crippen LogP) is 3.00. The van der Waals surface area contributed by atoms with E-state index in [0.717, 1.165) is 11.3 Å². The Morgan fingerprint density at radius 2 is 2.04 bits per heavy atom. The lowest BCUT2D eigenvalue weighted by atomic mass is 9.96. The Balaban J connectivity index is 1.95. The van der Waals surface area contributed by atoms with Crippen molar-refractivity contribution in [2.24, 2.45) is 0 Å². The third-order valence-corrected chi connectivity index (χ3v) is 3.90. The maximum atomic E-state index is 12.2. The van der Waals surface area contributed by atoms with Crippen LogP contribution >= 0.6 is 0 Å². The molecule has 1 amide bonds.